The molecule has 0 radical (unpaired) electrons. The molecule has 6 heteroatoms. The van der Waals surface area contributed by atoms with E-state index in [-0.39, 0.29) is 29.9 Å². The van der Waals surface area contributed by atoms with Crippen LogP contribution in [0.4, 0.5) is 0 Å². The third-order valence-electron chi connectivity index (χ3n) is 4.86. The van der Waals surface area contributed by atoms with E-state index < -0.39 is 0 Å². The summed E-state index contributed by atoms with van der Waals surface area (Å²) in [5, 5.41) is 3.04. The van der Waals surface area contributed by atoms with Crippen molar-refractivity contribution in [1.82, 2.24) is 10.2 Å². The Bertz CT molecular complexity index is 656. The zero-order valence-corrected chi connectivity index (χ0v) is 14.4. The second-order valence-corrected chi connectivity index (χ2v) is 7.12. The molecule has 0 aromatic heterocycles. The number of hydrogen-bond donors (Lipinski definition) is 1. The molecule has 2 aliphatic heterocycles. The number of nitrogens with zero attached hydrogens (tertiary/aromatic N) is 1. The maximum Gasteiger partial charge on any atom is 0.231 e. The second kappa shape index (κ2) is 6.34. The molecule has 1 N–H and O–H groups in total. The van der Waals surface area contributed by atoms with Crippen molar-refractivity contribution < 1.29 is 19.1 Å². The fourth-order valence-corrected chi connectivity index (χ4v) is 3.13. The average Bonchev–Trinajstić information content (AvgIpc) is 3.20. The molecule has 1 atom stereocenters. The standard InChI is InChI=1S/C18H24N2O4/c1-12(21)20-7-6-13(9-20)17(22)19-10-18(2,3)14-4-5-15-16(8-14)24-11-23-15/h4-5,8,13H,6-7,9-11H2,1-3H3,(H,19,22)/t13-/m1/s1. The molecule has 2 heterocycles. The van der Waals surface area contributed by atoms with Gasteiger partial charge in [0, 0.05) is 32.0 Å². The molecule has 1 saturated heterocycles. The van der Waals surface area contributed by atoms with Crippen molar-refractivity contribution in [3.63, 3.8) is 0 Å². The molecule has 6 nitrogen and oxygen atoms in total. The number of carbonyl (C=O) groups excluding carboxylic acids is 2. The highest BCUT2D eigenvalue weighted by Crippen LogP contribution is 2.36. The summed E-state index contributed by atoms with van der Waals surface area (Å²) in [6.07, 6.45) is 0.732. The van der Waals surface area contributed by atoms with Crippen LogP contribution in [0.1, 0.15) is 32.8 Å². The molecule has 130 valence electrons. The number of rotatable bonds is 4. The van der Waals surface area contributed by atoms with Gasteiger partial charge in [-0.1, -0.05) is 19.9 Å². The second-order valence-electron chi connectivity index (χ2n) is 7.12. The van der Waals surface area contributed by atoms with Crippen LogP contribution >= 0.6 is 0 Å². The highest BCUT2D eigenvalue weighted by molar-refractivity contribution is 5.81. The Labute approximate surface area is 142 Å². The molecular formula is C18H24N2O4. The summed E-state index contributed by atoms with van der Waals surface area (Å²) in [5.74, 6) is 1.45. The Morgan fingerprint density at radius 1 is 1.29 bits per heavy atom. The number of carbonyl (C=O) groups is 2. The predicted octanol–water partition coefficient (Wildman–Crippen LogP) is 1.68. The van der Waals surface area contributed by atoms with Crippen LogP contribution < -0.4 is 14.8 Å². The Morgan fingerprint density at radius 3 is 2.75 bits per heavy atom. The molecule has 24 heavy (non-hydrogen) atoms. The van der Waals surface area contributed by atoms with Gasteiger partial charge in [-0.05, 0) is 24.1 Å². The first-order valence-corrected chi connectivity index (χ1v) is 8.30. The van der Waals surface area contributed by atoms with Crippen LogP contribution in [0, 0.1) is 5.92 Å². The third-order valence-corrected chi connectivity index (χ3v) is 4.86. The number of benzene rings is 1. The molecule has 0 unspecified atom stereocenters. The zero-order chi connectivity index (χ0) is 17.3. The highest BCUT2D eigenvalue weighted by atomic mass is 16.7. The molecule has 1 aromatic rings. The minimum absolute atomic E-state index is 0.0209. The number of ether oxygens (including phenoxy) is 2. The van der Waals surface area contributed by atoms with Gasteiger partial charge < -0.3 is 19.7 Å². The smallest absolute Gasteiger partial charge is 0.231 e. The van der Waals surface area contributed by atoms with Crippen LogP contribution in [0.2, 0.25) is 0 Å². The van der Waals surface area contributed by atoms with Gasteiger partial charge in [0.25, 0.3) is 0 Å². The van der Waals surface area contributed by atoms with Crippen molar-refractivity contribution in [1.29, 1.82) is 0 Å². The van der Waals surface area contributed by atoms with Gasteiger partial charge in [-0.25, -0.2) is 0 Å². The first-order valence-electron chi connectivity index (χ1n) is 8.30. The van der Waals surface area contributed by atoms with Gasteiger partial charge in [0.1, 0.15) is 0 Å². The number of nitrogens with one attached hydrogen (secondary N) is 1. The summed E-state index contributed by atoms with van der Waals surface area (Å²) in [6, 6.07) is 5.89. The highest BCUT2D eigenvalue weighted by Gasteiger charge is 2.31. The summed E-state index contributed by atoms with van der Waals surface area (Å²) >= 11 is 0. The maximum absolute atomic E-state index is 12.4. The summed E-state index contributed by atoms with van der Waals surface area (Å²) in [6.45, 7) is 7.68. The van der Waals surface area contributed by atoms with Gasteiger partial charge in [0.05, 0.1) is 5.92 Å². The molecule has 2 amide bonds. The lowest BCUT2D eigenvalue weighted by Gasteiger charge is -2.26. The van der Waals surface area contributed by atoms with Gasteiger partial charge >= 0.3 is 0 Å². The fraction of sp³-hybridized carbons (Fsp3) is 0.556. The van der Waals surface area contributed by atoms with Gasteiger partial charge in [0.15, 0.2) is 11.5 Å². The number of amides is 2. The van der Waals surface area contributed by atoms with Crippen molar-refractivity contribution in [3.8, 4) is 11.5 Å². The first-order chi connectivity index (χ1) is 11.4. The lowest BCUT2D eigenvalue weighted by Crippen LogP contribution is -2.40. The molecular weight excluding hydrogens is 308 g/mol. The van der Waals surface area contributed by atoms with Gasteiger partial charge in [-0.15, -0.1) is 0 Å². The molecule has 1 aromatic carbocycles. The summed E-state index contributed by atoms with van der Waals surface area (Å²) in [7, 11) is 0. The van der Waals surface area contributed by atoms with E-state index in [1.165, 1.54) is 0 Å². The van der Waals surface area contributed by atoms with Crippen LogP contribution in [0.25, 0.3) is 0 Å². The lowest BCUT2D eigenvalue weighted by atomic mass is 9.84. The van der Waals surface area contributed by atoms with Crippen LogP contribution in [-0.2, 0) is 15.0 Å². The molecule has 0 saturated carbocycles. The van der Waals surface area contributed by atoms with Crippen LogP contribution in [0.3, 0.4) is 0 Å². The molecule has 0 bridgehead atoms. The van der Waals surface area contributed by atoms with Crippen molar-refractivity contribution in [2.24, 2.45) is 5.92 Å². The van der Waals surface area contributed by atoms with Crippen molar-refractivity contribution >= 4 is 11.8 Å². The van der Waals surface area contributed by atoms with Gasteiger partial charge in [-0.3, -0.25) is 9.59 Å². The van der Waals surface area contributed by atoms with Gasteiger partial charge in [0.2, 0.25) is 18.6 Å². The molecule has 0 aliphatic carbocycles. The normalized spacial score (nSPS) is 19.5. The zero-order valence-electron chi connectivity index (χ0n) is 14.4. The van der Waals surface area contributed by atoms with E-state index in [4.69, 9.17) is 9.47 Å². The van der Waals surface area contributed by atoms with E-state index in [0.717, 1.165) is 23.5 Å². The average molecular weight is 332 g/mol. The molecule has 1 fully saturated rings. The Balaban J connectivity index is 1.59. The van der Waals surface area contributed by atoms with E-state index in [1.807, 2.05) is 18.2 Å². The third kappa shape index (κ3) is 3.32. The van der Waals surface area contributed by atoms with Crippen LogP contribution in [0.5, 0.6) is 11.5 Å². The summed E-state index contributed by atoms with van der Waals surface area (Å²) < 4.78 is 10.8. The Morgan fingerprint density at radius 2 is 2.04 bits per heavy atom. The largest absolute Gasteiger partial charge is 0.454 e. The Hall–Kier alpha value is -2.24. The minimum Gasteiger partial charge on any atom is -0.454 e. The maximum atomic E-state index is 12.4. The number of hydrogen-bond acceptors (Lipinski definition) is 4. The van der Waals surface area contributed by atoms with Crippen LogP contribution in [0.15, 0.2) is 18.2 Å². The molecule has 0 spiro atoms. The first kappa shape index (κ1) is 16.6. The predicted molar refractivity (Wildman–Crippen MR) is 89.0 cm³/mol. The summed E-state index contributed by atoms with van der Waals surface area (Å²) in [5.41, 5.74) is 0.860. The van der Waals surface area contributed by atoms with E-state index in [0.29, 0.717) is 19.6 Å². The fourth-order valence-electron chi connectivity index (χ4n) is 3.13. The topological polar surface area (TPSA) is 67.9 Å². The molecule has 3 rings (SSSR count). The lowest BCUT2D eigenvalue weighted by molar-refractivity contribution is -0.128. The number of likely N-dealkylation sites (tertiary alicyclic amines) is 1. The quantitative estimate of drug-likeness (QED) is 0.911. The Kier molecular flexibility index (Phi) is 4.39. The molecule has 2 aliphatic rings. The van der Waals surface area contributed by atoms with E-state index in [9.17, 15) is 9.59 Å². The monoisotopic (exact) mass is 332 g/mol. The van der Waals surface area contributed by atoms with Crippen molar-refractivity contribution in [2.45, 2.75) is 32.6 Å². The van der Waals surface area contributed by atoms with Crippen LogP contribution in [-0.4, -0.2) is 43.1 Å². The SMILES string of the molecule is CC(=O)N1CC[C@@H](C(=O)NCC(C)(C)c2ccc3c(c2)OCO3)C1. The minimum atomic E-state index is -0.227. The van der Waals surface area contributed by atoms with E-state index in [1.54, 1.807) is 11.8 Å². The number of fused-ring (bicyclic) bond motifs is 1. The van der Waals surface area contributed by atoms with Gasteiger partial charge in [-0.2, -0.15) is 0 Å². The summed E-state index contributed by atoms with van der Waals surface area (Å²) in [4.78, 5) is 25.5. The van der Waals surface area contributed by atoms with Crippen molar-refractivity contribution in [3.05, 3.63) is 23.8 Å². The van der Waals surface area contributed by atoms with E-state index >= 15 is 0 Å². The van der Waals surface area contributed by atoms with E-state index in [2.05, 4.69) is 19.2 Å². The van der Waals surface area contributed by atoms with Crippen molar-refractivity contribution in [2.75, 3.05) is 26.4 Å².